The van der Waals surface area contributed by atoms with Crippen molar-refractivity contribution in [3.05, 3.63) is 77.9 Å². The third-order valence-electron chi connectivity index (χ3n) is 4.45. The molecule has 1 heterocycles. The zero-order chi connectivity index (χ0) is 17.7. The van der Waals surface area contributed by atoms with E-state index in [1.807, 2.05) is 37.3 Å². The van der Waals surface area contributed by atoms with Crippen molar-refractivity contribution in [1.29, 1.82) is 0 Å². The number of nitrogens with zero attached hydrogens (tertiary/aromatic N) is 1. The highest BCUT2D eigenvalue weighted by atomic mass is 19.1. The van der Waals surface area contributed by atoms with Gasteiger partial charge in [-0.3, -0.25) is 5.32 Å². The van der Waals surface area contributed by atoms with Crippen LogP contribution in [-0.2, 0) is 12.1 Å². The first-order valence-electron chi connectivity index (χ1n) is 8.28. The maximum Gasteiger partial charge on any atom is 0.226 e. The lowest BCUT2D eigenvalue weighted by Gasteiger charge is -2.32. The Hall–Kier alpha value is -2.50. The van der Waals surface area contributed by atoms with Crippen molar-refractivity contribution < 1.29 is 13.9 Å². The summed E-state index contributed by atoms with van der Waals surface area (Å²) < 4.78 is 18.5. The monoisotopic (exact) mass is 340 g/mol. The maximum absolute atomic E-state index is 13.0. The van der Waals surface area contributed by atoms with Crippen LogP contribution in [0.2, 0.25) is 0 Å². The van der Waals surface area contributed by atoms with Gasteiger partial charge in [-0.25, -0.2) is 9.37 Å². The fourth-order valence-corrected chi connectivity index (χ4v) is 2.82. The van der Waals surface area contributed by atoms with Crippen molar-refractivity contribution in [2.75, 3.05) is 6.61 Å². The molecule has 0 spiro atoms. The topological polar surface area (TPSA) is 58.3 Å². The lowest BCUT2D eigenvalue weighted by atomic mass is 9.88. The molecule has 0 aliphatic rings. The summed E-state index contributed by atoms with van der Waals surface area (Å²) in [6.07, 6.45) is 2.31. The van der Waals surface area contributed by atoms with Gasteiger partial charge in [-0.1, -0.05) is 37.3 Å². The minimum absolute atomic E-state index is 0.0177. The Balaban J connectivity index is 1.75. The molecular weight excluding hydrogens is 319 g/mol. The lowest BCUT2D eigenvalue weighted by Crippen LogP contribution is -2.44. The second-order valence-corrected chi connectivity index (χ2v) is 5.96. The number of nitrogens with one attached hydrogen (secondary N) is 1. The molecule has 5 heteroatoms. The van der Waals surface area contributed by atoms with Crippen molar-refractivity contribution in [1.82, 2.24) is 10.3 Å². The molecule has 1 aromatic heterocycles. The number of rotatable bonds is 7. The molecule has 2 aromatic carbocycles. The summed E-state index contributed by atoms with van der Waals surface area (Å²) in [5, 5.41) is 13.4. The van der Waals surface area contributed by atoms with E-state index in [2.05, 4.69) is 10.3 Å². The van der Waals surface area contributed by atoms with Crippen LogP contribution < -0.4 is 5.32 Å². The Morgan fingerprint density at radius 2 is 1.84 bits per heavy atom. The lowest BCUT2D eigenvalue weighted by molar-refractivity contribution is 0.153. The highest BCUT2D eigenvalue weighted by Gasteiger charge is 2.29. The molecule has 0 fully saturated rings. The van der Waals surface area contributed by atoms with Crippen molar-refractivity contribution in [3.63, 3.8) is 0 Å². The van der Waals surface area contributed by atoms with Gasteiger partial charge in [-0.15, -0.1) is 0 Å². The van der Waals surface area contributed by atoms with E-state index < -0.39 is 5.54 Å². The third kappa shape index (κ3) is 3.78. The largest absolute Gasteiger partial charge is 0.444 e. The molecule has 3 rings (SSSR count). The van der Waals surface area contributed by atoms with Crippen LogP contribution in [0.4, 0.5) is 4.39 Å². The molecule has 2 N–H and O–H groups in total. The molecule has 0 radical (unpaired) electrons. The Bertz CT molecular complexity index is 796. The Morgan fingerprint density at radius 3 is 2.48 bits per heavy atom. The van der Waals surface area contributed by atoms with Crippen LogP contribution in [-0.4, -0.2) is 16.7 Å². The van der Waals surface area contributed by atoms with Crippen LogP contribution in [0, 0.1) is 5.82 Å². The minimum atomic E-state index is -0.531. The van der Waals surface area contributed by atoms with Crippen LogP contribution >= 0.6 is 0 Å². The average molecular weight is 340 g/mol. The van der Waals surface area contributed by atoms with E-state index >= 15 is 0 Å². The molecule has 0 aliphatic carbocycles. The van der Waals surface area contributed by atoms with Crippen molar-refractivity contribution in [2.24, 2.45) is 0 Å². The van der Waals surface area contributed by atoms with Gasteiger partial charge in [-0.05, 0) is 36.2 Å². The first-order chi connectivity index (χ1) is 12.2. The van der Waals surface area contributed by atoms with Crippen LogP contribution in [0.15, 0.2) is 65.3 Å². The van der Waals surface area contributed by atoms with Gasteiger partial charge in [0.2, 0.25) is 5.89 Å². The highest BCUT2D eigenvalue weighted by molar-refractivity contribution is 5.52. The first kappa shape index (κ1) is 17.3. The number of aliphatic hydroxyl groups is 1. The van der Waals surface area contributed by atoms with Crippen LogP contribution in [0.25, 0.3) is 11.5 Å². The standard InChI is InChI=1S/C20H21FN2O2/c1-2-20(14-24,16-6-4-3-5-7-16)22-12-18-13-25-19(23-18)15-8-10-17(21)11-9-15/h3-11,13,22,24H,2,12,14H2,1H3. The Kier molecular flexibility index (Phi) is 5.26. The van der Waals surface area contributed by atoms with Crippen LogP contribution in [0.1, 0.15) is 24.6 Å². The molecule has 0 amide bonds. The van der Waals surface area contributed by atoms with Gasteiger partial charge in [0.05, 0.1) is 17.8 Å². The van der Waals surface area contributed by atoms with E-state index in [0.717, 1.165) is 23.2 Å². The summed E-state index contributed by atoms with van der Waals surface area (Å²) >= 11 is 0. The van der Waals surface area contributed by atoms with Gasteiger partial charge < -0.3 is 9.52 Å². The number of oxazole rings is 1. The van der Waals surface area contributed by atoms with Gasteiger partial charge in [0, 0.05) is 12.1 Å². The molecule has 130 valence electrons. The number of benzene rings is 2. The third-order valence-corrected chi connectivity index (χ3v) is 4.45. The Morgan fingerprint density at radius 1 is 1.12 bits per heavy atom. The zero-order valence-electron chi connectivity index (χ0n) is 14.1. The number of halogens is 1. The van der Waals surface area contributed by atoms with E-state index in [4.69, 9.17) is 4.42 Å². The molecule has 1 atom stereocenters. The van der Waals surface area contributed by atoms with Crippen LogP contribution in [0.3, 0.4) is 0 Å². The average Bonchev–Trinajstić information content (AvgIpc) is 3.13. The summed E-state index contributed by atoms with van der Waals surface area (Å²) in [6, 6.07) is 15.9. The zero-order valence-corrected chi connectivity index (χ0v) is 14.1. The molecular formula is C20H21FN2O2. The van der Waals surface area contributed by atoms with E-state index in [1.165, 1.54) is 12.1 Å². The molecule has 0 bridgehead atoms. The van der Waals surface area contributed by atoms with E-state index in [0.29, 0.717) is 12.4 Å². The quantitative estimate of drug-likeness (QED) is 0.685. The Labute approximate surface area is 146 Å². The predicted octanol–water partition coefficient (Wildman–Crippen LogP) is 3.87. The smallest absolute Gasteiger partial charge is 0.226 e. The van der Waals surface area contributed by atoms with Crippen molar-refractivity contribution in [3.8, 4) is 11.5 Å². The van der Waals surface area contributed by atoms with E-state index in [9.17, 15) is 9.50 Å². The maximum atomic E-state index is 13.0. The van der Waals surface area contributed by atoms with Gasteiger partial charge in [-0.2, -0.15) is 0 Å². The molecule has 3 aromatic rings. The van der Waals surface area contributed by atoms with Crippen molar-refractivity contribution >= 4 is 0 Å². The fourth-order valence-electron chi connectivity index (χ4n) is 2.82. The van der Waals surface area contributed by atoms with E-state index in [1.54, 1.807) is 18.4 Å². The molecule has 0 saturated carbocycles. The number of hydrogen-bond donors (Lipinski definition) is 2. The number of aliphatic hydroxyl groups excluding tert-OH is 1. The van der Waals surface area contributed by atoms with Crippen LogP contribution in [0.5, 0.6) is 0 Å². The summed E-state index contributed by atoms with van der Waals surface area (Å²) in [5.41, 5.74) is 1.94. The summed E-state index contributed by atoms with van der Waals surface area (Å²) in [4.78, 5) is 4.44. The number of aromatic nitrogens is 1. The highest BCUT2D eigenvalue weighted by Crippen LogP contribution is 2.25. The molecule has 25 heavy (non-hydrogen) atoms. The SMILES string of the molecule is CCC(CO)(NCc1coc(-c2ccc(F)cc2)n1)c1ccccc1. The molecule has 1 unspecified atom stereocenters. The summed E-state index contributed by atoms with van der Waals surface area (Å²) in [6.45, 7) is 2.47. The summed E-state index contributed by atoms with van der Waals surface area (Å²) in [7, 11) is 0. The second-order valence-electron chi connectivity index (χ2n) is 5.96. The molecule has 0 saturated heterocycles. The molecule has 4 nitrogen and oxygen atoms in total. The summed E-state index contributed by atoms with van der Waals surface area (Å²) in [5.74, 6) is 0.151. The van der Waals surface area contributed by atoms with Gasteiger partial charge >= 0.3 is 0 Å². The van der Waals surface area contributed by atoms with Gasteiger partial charge in [0.25, 0.3) is 0 Å². The van der Waals surface area contributed by atoms with Crippen molar-refractivity contribution in [2.45, 2.75) is 25.4 Å². The van der Waals surface area contributed by atoms with E-state index in [-0.39, 0.29) is 12.4 Å². The molecule has 0 aliphatic heterocycles. The normalized spacial score (nSPS) is 13.6. The second kappa shape index (κ2) is 7.59. The fraction of sp³-hybridized carbons (Fsp3) is 0.250. The first-order valence-corrected chi connectivity index (χ1v) is 8.28. The minimum Gasteiger partial charge on any atom is -0.444 e. The van der Waals surface area contributed by atoms with Gasteiger partial charge in [0.1, 0.15) is 12.1 Å². The predicted molar refractivity (Wildman–Crippen MR) is 94.2 cm³/mol. The van der Waals surface area contributed by atoms with Gasteiger partial charge in [0.15, 0.2) is 0 Å². The number of hydrogen-bond acceptors (Lipinski definition) is 4.